The van der Waals surface area contributed by atoms with E-state index in [1.54, 1.807) is 11.3 Å². The van der Waals surface area contributed by atoms with Crippen LogP contribution in [-0.2, 0) is 13.0 Å². The van der Waals surface area contributed by atoms with Crippen molar-refractivity contribution in [2.75, 3.05) is 0 Å². The van der Waals surface area contributed by atoms with Crippen LogP contribution in [0.5, 0.6) is 0 Å². The lowest BCUT2D eigenvalue weighted by Crippen LogP contribution is -2.39. The summed E-state index contributed by atoms with van der Waals surface area (Å²) in [5.74, 6) is 5.65. The highest BCUT2D eigenvalue weighted by Gasteiger charge is 2.11. The van der Waals surface area contributed by atoms with E-state index in [0.717, 1.165) is 24.0 Å². The van der Waals surface area contributed by atoms with E-state index in [1.807, 2.05) is 36.2 Å². The predicted molar refractivity (Wildman–Crippen MR) is 76.7 cm³/mol. The molecule has 0 fully saturated rings. The number of hydrogen-bond donors (Lipinski definition) is 2. The van der Waals surface area contributed by atoms with Crippen LogP contribution in [0.3, 0.4) is 0 Å². The SMILES string of the molecule is NNC(Cc1cncs1)Cn1cnc2ccccc21. The molecule has 0 bridgehead atoms. The maximum Gasteiger partial charge on any atom is 0.0958 e. The summed E-state index contributed by atoms with van der Waals surface area (Å²) in [4.78, 5) is 9.70. The Morgan fingerprint density at radius 1 is 1.37 bits per heavy atom. The monoisotopic (exact) mass is 273 g/mol. The molecule has 98 valence electrons. The molecule has 0 amide bonds. The van der Waals surface area contributed by atoms with Gasteiger partial charge in [-0.3, -0.25) is 16.3 Å². The first-order valence-electron chi connectivity index (χ1n) is 6.10. The number of aromatic nitrogens is 3. The summed E-state index contributed by atoms with van der Waals surface area (Å²) >= 11 is 1.65. The Morgan fingerprint density at radius 3 is 3.05 bits per heavy atom. The number of nitrogens with zero attached hydrogens (tertiary/aromatic N) is 3. The summed E-state index contributed by atoms with van der Waals surface area (Å²) in [7, 11) is 0. The molecule has 0 aliphatic carbocycles. The van der Waals surface area contributed by atoms with Crippen LogP contribution >= 0.6 is 11.3 Å². The van der Waals surface area contributed by atoms with E-state index < -0.39 is 0 Å². The average Bonchev–Trinajstić information content (AvgIpc) is 3.08. The Labute approximate surface area is 115 Å². The Bertz CT molecular complexity index is 646. The van der Waals surface area contributed by atoms with Gasteiger partial charge in [0.05, 0.1) is 22.9 Å². The van der Waals surface area contributed by atoms with Crippen LogP contribution in [0.1, 0.15) is 4.88 Å². The topological polar surface area (TPSA) is 68.8 Å². The minimum Gasteiger partial charge on any atom is -0.329 e. The molecule has 6 heteroatoms. The third kappa shape index (κ3) is 2.65. The molecule has 1 aromatic carbocycles. The lowest BCUT2D eigenvalue weighted by molar-refractivity contribution is 0.463. The van der Waals surface area contributed by atoms with Gasteiger partial charge in [-0.2, -0.15) is 0 Å². The molecular weight excluding hydrogens is 258 g/mol. The first-order chi connectivity index (χ1) is 9.36. The van der Waals surface area contributed by atoms with Gasteiger partial charge in [-0.15, -0.1) is 11.3 Å². The van der Waals surface area contributed by atoms with E-state index in [4.69, 9.17) is 5.84 Å². The number of imidazole rings is 1. The predicted octanol–water partition coefficient (Wildman–Crippen LogP) is 1.57. The quantitative estimate of drug-likeness (QED) is 0.547. The Hall–Kier alpha value is -1.76. The molecule has 0 saturated carbocycles. The van der Waals surface area contributed by atoms with Crippen molar-refractivity contribution in [2.45, 2.75) is 19.0 Å². The number of thiazole rings is 1. The number of nitrogens with two attached hydrogens (primary N) is 1. The van der Waals surface area contributed by atoms with Crippen molar-refractivity contribution >= 4 is 22.4 Å². The maximum atomic E-state index is 5.65. The normalized spacial score (nSPS) is 12.9. The van der Waals surface area contributed by atoms with E-state index in [2.05, 4.69) is 26.0 Å². The van der Waals surface area contributed by atoms with Crippen molar-refractivity contribution in [1.29, 1.82) is 0 Å². The third-order valence-electron chi connectivity index (χ3n) is 3.11. The van der Waals surface area contributed by atoms with Crippen molar-refractivity contribution in [3.63, 3.8) is 0 Å². The number of fused-ring (bicyclic) bond motifs is 1. The van der Waals surface area contributed by atoms with Crippen molar-refractivity contribution in [3.8, 4) is 0 Å². The number of para-hydroxylation sites is 2. The molecule has 0 aliphatic rings. The van der Waals surface area contributed by atoms with Crippen LogP contribution in [-0.4, -0.2) is 20.6 Å². The minimum absolute atomic E-state index is 0.165. The van der Waals surface area contributed by atoms with Crippen LogP contribution < -0.4 is 11.3 Å². The van der Waals surface area contributed by atoms with Gasteiger partial charge in [0.15, 0.2) is 0 Å². The number of hydrogen-bond acceptors (Lipinski definition) is 5. The first-order valence-corrected chi connectivity index (χ1v) is 6.98. The molecule has 0 aliphatic heterocycles. The summed E-state index contributed by atoms with van der Waals surface area (Å²) in [6.45, 7) is 0.787. The fraction of sp³-hybridized carbons (Fsp3) is 0.231. The molecule has 3 N–H and O–H groups in total. The zero-order chi connectivity index (χ0) is 13.1. The van der Waals surface area contributed by atoms with E-state index in [1.165, 1.54) is 4.88 Å². The zero-order valence-corrected chi connectivity index (χ0v) is 11.2. The van der Waals surface area contributed by atoms with Crippen LogP contribution in [0, 0.1) is 0 Å². The maximum absolute atomic E-state index is 5.65. The number of rotatable bonds is 5. The molecule has 1 atom stereocenters. The smallest absolute Gasteiger partial charge is 0.0958 e. The first kappa shape index (κ1) is 12.3. The fourth-order valence-corrected chi connectivity index (χ4v) is 2.83. The Balaban J connectivity index is 1.78. The summed E-state index contributed by atoms with van der Waals surface area (Å²) in [6, 6.07) is 8.27. The molecule has 3 aromatic rings. The minimum atomic E-state index is 0.165. The highest BCUT2D eigenvalue weighted by molar-refractivity contribution is 7.09. The standard InChI is InChI=1S/C13H15N5S/c14-17-10(5-11-6-15-9-19-11)7-18-8-16-12-3-1-2-4-13(12)18/h1-4,6,8-10,17H,5,7,14H2. The fourth-order valence-electron chi connectivity index (χ4n) is 2.16. The molecule has 3 rings (SSSR count). The van der Waals surface area contributed by atoms with Crippen LogP contribution in [0.25, 0.3) is 11.0 Å². The summed E-state index contributed by atoms with van der Waals surface area (Å²) in [5, 5.41) is 0. The average molecular weight is 273 g/mol. The van der Waals surface area contributed by atoms with Gasteiger partial charge in [0.25, 0.3) is 0 Å². The van der Waals surface area contributed by atoms with Gasteiger partial charge >= 0.3 is 0 Å². The molecule has 5 nitrogen and oxygen atoms in total. The summed E-state index contributed by atoms with van der Waals surface area (Å²) in [5.41, 5.74) is 6.86. The highest BCUT2D eigenvalue weighted by Crippen LogP contribution is 2.14. The molecule has 0 radical (unpaired) electrons. The Morgan fingerprint density at radius 2 is 2.26 bits per heavy atom. The third-order valence-corrected chi connectivity index (χ3v) is 3.91. The summed E-state index contributed by atoms with van der Waals surface area (Å²) < 4.78 is 2.13. The highest BCUT2D eigenvalue weighted by atomic mass is 32.1. The number of hydrazine groups is 1. The summed E-state index contributed by atoms with van der Waals surface area (Å²) in [6.07, 6.45) is 4.62. The van der Waals surface area contributed by atoms with Crippen LogP contribution in [0.2, 0.25) is 0 Å². The van der Waals surface area contributed by atoms with E-state index >= 15 is 0 Å². The second-order valence-electron chi connectivity index (χ2n) is 4.42. The van der Waals surface area contributed by atoms with Gasteiger partial charge in [-0.05, 0) is 12.1 Å². The van der Waals surface area contributed by atoms with Crippen molar-refractivity contribution < 1.29 is 0 Å². The lowest BCUT2D eigenvalue weighted by Gasteiger charge is -2.16. The van der Waals surface area contributed by atoms with Gasteiger partial charge in [0.1, 0.15) is 0 Å². The van der Waals surface area contributed by atoms with E-state index in [-0.39, 0.29) is 6.04 Å². The van der Waals surface area contributed by atoms with Gasteiger partial charge in [-0.1, -0.05) is 12.1 Å². The molecule has 2 aromatic heterocycles. The van der Waals surface area contributed by atoms with E-state index in [0.29, 0.717) is 0 Å². The zero-order valence-electron chi connectivity index (χ0n) is 10.4. The van der Waals surface area contributed by atoms with Gasteiger partial charge in [0.2, 0.25) is 0 Å². The number of nitrogens with one attached hydrogen (secondary N) is 1. The van der Waals surface area contributed by atoms with Crippen molar-refractivity contribution in [2.24, 2.45) is 5.84 Å². The molecule has 1 unspecified atom stereocenters. The molecule has 0 spiro atoms. The van der Waals surface area contributed by atoms with Gasteiger partial charge in [0, 0.05) is 30.1 Å². The molecular formula is C13H15N5S. The van der Waals surface area contributed by atoms with Gasteiger partial charge < -0.3 is 4.57 Å². The molecule has 19 heavy (non-hydrogen) atoms. The van der Waals surface area contributed by atoms with Crippen LogP contribution in [0.4, 0.5) is 0 Å². The number of benzene rings is 1. The van der Waals surface area contributed by atoms with Crippen molar-refractivity contribution in [3.05, 3.63) is 47.2 Å². The Kier molecular flexibility index (Phi) is 3.54. The molecule has 0 saturated heterocycles. The van der Waals surface area contributed by atoms with E-state index in [9.17, 15) is 0 Å². The van der Waals surface area contributed by atoms with Crippen LogP contribution in [0.15, 0.2) is 42.3 Å². The lowest BCUT2D eigenvalue weighted by atomic mass is 10.2. The van der Waals surface area contributed by atoms with Gasteiger partial charge in [-0.25, -0.2) is 4.98 Å². The largest absolute Gasteiger partial charge is 0.329 e. The second kappa shape index (κ2) is 5.48. The molecule has 2 heterocycles. The van der Waals surface area contributed by atoms with Crippen molar-refractivity contribution in [1.82, 2.24) is 20.0 Å². The second-order valence-corrected chi connectivity index (χ2v) is 5.39.